The van der Waals surface area contributed by atoms with Crippen LogP contribution in [0.15, 0.2) is 66.7 Å². The molecular weight excluding hydrogens is 468 g/mol. The van der Waals surface area contributed by atoms with Gasteiger partial charge in [-0.25, -0.2) is 4.98 Å². The number of para-hydroxylation sites is 2. The van der Waals surface area contributed by atoms with Crippen LogP contribution in [0.2, 0.25) is 0 Å². The largest absolute Gasteiger partial charge is 0.454 e. The molecule has 0 radical (unpaired) electrons. The summed E-state index contributed by atoms with van der Waals surface area (Å²) in [5.74, 6) is 1.11. The summed E-state index contributed by atoms with van der Waals surface area (Å²) in [6.45, 7) is 4.26. The Kier molecular flexibility index (Phi) is 5.59. The standard InChI is InChI=1S/C29H28N4O4/c1-16(2)25(27-30-20-10-6-7-11-21(20)31-27)32-28(34)24-18-8-4-5-9-19(18)29(35)33(3)26(24)17-12-13-22-23(14-17)37-15-36-22/h4-14,16,24-26H,15H2,1-3H3,(H,30,31)(H,32,34)/t24-,25+,26+/m1/s1. The lowest BCUT2D eigenvalue weighted by molar-refractivity contribution is -0.125. The molecule has 8 nitrogen and oxygen atoms in total. The first-order chi connectivity index (χ1) is 17.9. The van der Waals surface area contributed by atoms with E-state index in [-0.39, 0.29) is 30.6 Å². The monoisotopic (exact) mass is 496 g/mol. The Morgan fingerprint density at radius 2 is 1.81 bits per heavy atom. The van der Waals surface area contributed by atoms with Crippen LogP contribution < -0.4 is 14.8 Å². The van der Waals surface area contributed by atoms with E-state index in [0.29, 0.717) is 28.5 Å². The first kappa shape index (κ1) is 23.1. The number of amides is 2. The van der Waals surface area contributed by atoms with Crippen molar-refractivity contribution in [3.05, 3.63) is 89.2 Å². The first-order valence-electron chi connectivity index (χ1n) is 12.4. The number of aromatic amines is 1. The third kappa shape index (κ3) is 3.89. The Labute approximate surface area is 214 Å². The van der Waals surface area contributed by atoms with Crippen LogP contribution in [0.5, 0.6) is 11.5 Å². The van der Waals surface area contributed by atoms with Crippen molar-refractivity contribution in [1.82, 2.24) is 20.2 Å². The molecule has 0 spiro atoms. The number of ether oxygens (including phenoxy) is 2. The fraction of sp³-hybridized carbons (Fsp3) is 0.276. The number of nitrogens with one attached hydrogen (secondary N) is 2. The molecule has 0 unspecified atom stereocenters. The maximum absolute atomic E-state index is 14.2. The summed E-state index contributed by atoms with van der Waals surface area (Å²) < 4.78 is 11.1. The van der Waals surface area contributed by atoms with Crippen molar-refractivity contribution >= 4 is 22.8 Å². The minimum Gasteiger partial charge on any atom is -0.454 e. The number of carbonyl (C=O) groups is 2. The molecule has 0 saturated heterocycles. The van der Waals surface area contributed by atoms with E-state index in [1.165, 1.54) is 0 Å². The van der Waals surface area contributed by atoms with Gasteiger partial charge in [-0.3, -0.25) is 9.59 Å². The lowest BCUT2D eigenvalue weighted by Crippen LogP contribution is -2.46. The first-order valence-corrected chi connectivity index (χ1v) is 12.4. The minimum absolute atomic E-state index is 0.0756. The summed E-state index contributed by atoms with van der Waals surface area (Å²) in [6, 6.07) is 19.9. The zero-order valence-electron chi connectivity index (χ0n) is 20.9. The molecule has 6 rings (SSSR count). The molecule has 37 heavy (non-hydrogen) atoms. The molecule has 0 fully saturated rings. The van der Waals surface area contributed by atoms with Gasteiger partial charge in [0.05, 0.1) is 29.0 Å². The van der Waals surface area contributed by atoms with Crippen LogP contribution >= 0.6 is 0 Å². The lowest BCUT2D eigenvalue weighted by Gasteiger charge is -2.40. The molecule has 3 aromatic carbocycles. The molecular formula is C29H28N4O4. The van der Waals surface area contributed by atoms with E-state index in [1.807, 2.05) is 60.7 Å². The number of nitrogens with zero attached hydrogens (tertiary/aromatic N) is 2. The fourth-order valence-electron chi connectivity index (χ4n) is 5.38. The van der Waals surface area contributed by atoms with E-state index in [0.717, 1.165) is 16.6 Å². The van der Waals surface area contributed by atoms with Gasteiger partial charge >= 0.3 is 0 Å². The summed E-state index contributed by atoms with van der Waals surface area (Å²) in [4.78, 5) is 37.3. The second-order valence-electron chi connectivity index (χ2n) is 9.91. The van der Waals surface area contributed by atoms with Crippen molar-refractivity contribution in [1.29, 1.82) is 0 Å². The number of rotatable bonds is 5. The van der Waals surface area contributed by atoms with E-state index in [4.69, 9.17) is 14.5 Å². The second-order valence-corrected chi connectivity index (χ2v) is 9.91. The van der Waals surface area contributed by atoms with Gasteiger partial charge in [-0.1, -0.05) is 50.2 Å². The molecule has 8 heteroatoms. The predicted octanol–water partition coefficient (Wildman–Crippen LogP) is 4.72. The van der Waals surface area contributed by atoms with Crippen LogP contribution in [0.4, 0.5) is 0 Å². The Morgan fingerprint density at radius 1 is 1.05 bits per heavy atom. The third-order valence-corrected chi connectivity index (χ3v) is 7.27. The minimum atomic E-state index is -0.634. The van der Waals surface area contributed by atoms with Gasteiger partial charge in [0.25, 0.3) is 5.91 Å². The quantitative estimate of drug-likeness (QED) is 0.417. The van der Waals surface area contributed by atoms with Gasteiger partial charge in [0.2, 0.25) is 12.7 Å². The normalized spacial score (nSPS) is 19.2. The number of imidazole rings is 1. The number of fused-ring (bicyclic) bond motifs is 3. The molecule has 0 aliphatic carbocycles. The van der Waals surface area contributed by atoms with Crippen molar-refractivity contribution in [3.8, 4) is 11.5 Å². The van der Waals surface area contributed by atoms with Gasteiger partial charge in [-0.15, -0.1) is 0 Å². The molecule has 2 aliphatic heterocycles. The molecule has 1 aromatic heterocycles. The Bertz CT molecular complexity index is 1480. The van der Waals surface area contributed by atoms with Crippen molar-refractivity contribution < 1.29 is 19.1 Å². The molecule has 0 bridgehead atoms. The van der Waals surface area contributed by atoms with Crippen LogP contribution in [0.25, 0.3) is 11.0 Å². The molecule has 2 aliphatic rings. The van der Waals surface area contributed by atoms with Gasteiger partial charge in [-0.05, 0) is 47.4 Å². The van der Waals surface area contributed by atoms with Gasteiger partial charge < -0.3 is 24.7 Å². The van der Waals surface area contributed by atoms with Gasteiger partial charge in [0.1, 0.15) is 5.82 Å². The highest BCUT2D eigenvalue weighted by Crippen LogP contribution is 2.45. The second kappa shape index (κ2) is 8.96. The smallest absolute Gasteiger partial charge is 0.254 e. The number of aromatic nitrogens is 2. The SMILES string of the molecule is CC(C)[C@H](NC(=O)[C@@H]1c2ccccc2C(=O)N(C)[C@H]1c1ccc2c(c1)OCO2)c1nc2ccccc2[nH]1. The average Bonchev–Trinajstić information content (AvgIpc) is 3.55. The number of hydrogen-bond acceptors (Lipinski definition) is 5. The van der Waals surface area contributed by atoms with Crippen molar-refractivity contribution in [2.24, 2.45) is 5.92 Å². The van der Waals surface area contributed by atoms with Gasteiger partial charge in [-0.2, -0.15) is 0 Å². The summed E-state index contributed by atoms with van der Waals surface area (Å²) in [6.07, 6.45) is 0. The highest BCUT2D eigenvalue weighted by molar-refractivity contribution is 6.01. The summed E-state index contributed by atoms with van der Waals surface area (Å²) in [5, 5.41) is 3.27. The van der Waals surface area contributed by atoms with E-state index in [9.17, 15) is 9.59 Å². The molecule has 3 heterocycles. The Balaban J connectivity index is 1.42. The maximum Gasteiger partial charge on any atom is 0.254 e. The molecule has 3 atom stereocenters. The zero-order chi connectivity index (χ0) is 25.7. The Morgan fingerprint density at radius 3 is 2.62 bits per heavy atom. The van der Waals surface area contributed by atoms with Crippen LogP contribution in [-0.4, -0.2) is 40.5 Å². The van der Waals surface area contributed by atoms with Gasteiger partial charge in [0, 0.05) is 12.6 Å². The van der Waals surface area contributed by atoms with Crippen LogP contribution in [-0.2, 0) is 4.79 Å². The number of carbonyl (C=O) groups excluding carboxylic acids is 2. The predicted molar refractivity (Wildman–Crippen MR) is 138 cm³/mol. The third-order valence-electron chi connectivity index (χ3n) is 7.27. The van der Waals surface area contributed by atoms with Crippen LogP contribution in [0.3, 0.4) is 0 Å². The number of likely N-dealkylation sites (N-methyl/N-ethyl adjacent to an activating group) is 1. The van der Waals surface area contributed by atoms with E-state index in [2.05, 4.69) is 24.1 Å². The van der Waals surface area contributed by atoms with E-state index >= 15 is 0 Å². The lowest BCUT2D eigenvalue weighted by atomic mass is 9.79. The van der Waals surface area contributed by atoms with Crippen molar-refractivity contribution in [2.75, 3.05) is 13.8 Å². The topological polar surface area (TPSA) is 96.6 Å². The summed E-state index contributed by atoms with van der Waals surface area (Å²) >= 11 is 0. The van der Waals surface area contributed by atoms with Crippen LogP contribution in [0, 0.1) is 5.92 Å². The summed E-state index contributed by atoms with van der Waals surface area (Å²) in [7, 11) is 1.74. The van der Waals surface area contributed by atoms with E-state index < -0.39 is 12.0 Å². The maximum atomic E-state index is 14.2. The van der Waals surface area contributed by atoms with Crippen molar-refractivity contribution in [3.63, 3.8) is 0 Å². The number of hydrogen-bond donors (Lipinski definition) is 2. The summed E-state index contributed by atoms with van der Waals surface area (Å²) in [5.41, 5.74) is 3.82. The number of benzene rings is 3. The highest BCUT2D eigenvalue weighted by atomic mass is 16.7. The fourth-order valence-corrected chi connectivity index (χ4v) is 5.38. The molecule has 2 N–H and O–H groups in total. The number of H-pyrrole nitrogens is 1. The molecule has 188 valence electrons. The molecule has 4 aromatic rings. The average molecular weight is 497 g/mol. The van der Waals surface area contributed by atoms with Crippen molar-refractivity contribution in [2.45, 2.75) is 31.8 Å². The molecule has 2 amide bonds. The van der Waals surface area contributed by atoms with Gasteiger partial charge in [0.15, 0.2) is 11.5 Å². The highest BCUT2D eigenvalue weighted by Gasteiger charge is 2.43. The van der Waals surface area contributed by atoms with Crippen LogP contribution in [0.1, 0.15) is 59.2 Å². The molecule has 0 saturated carbocycles. The Hall–Kier alpha value is -4.33. The zero-order valence-corrected chi connectivity index (χ0v) is 20.9. The van der Waals surface area contributed by atoms with E-state index in [1.54, 1.807) is 18.0 Å².